The summed E-state index contributed by atoms with van der Waals surface area (Å²) >= 11 is 0. The Kier molecular flexibility index (Phi) is 3.72. The molecule has 134 valence electrons. The number of aryl methyl sites for hydroxylation is 1. The monoisotopic (exact) mass is 350 g/mol. The lowest BCUT2D eigenvalue weighted by molar-refractivity contribution is 0.291. The van der Waals surface area contributed by atoms with E-state index in [9.17, 15) is 4.79 Å². The summed E-state index contributed by atoms with van der Waals surface area (Å²) in [5.41, 5.74) is 3.37. The van der Waals surface area contributed by atoms with Gasteiger partial charge in [0.1, 0.15) is 11.6 Å². The third-order valence-electron chi connectivity index (χ3n) is 5.01. The topological polar surface area (TPSA) is 72.8 Å². The zero-order chi connectivity index (χ0) is 18.5. The van der Waals surface area contributed by atoms with Crippen LogP contribution in [0.3, 0.4) is 0 Å². The van der Waals surface area contributed by atoms with Crippen LogP contribution < -0.4 is 10.3 Å². The highest BCUT2D eigenvalue weighted by atomic mass is 16.5. The Balaban J connectivity index is 1.65. The van der Waals surface area contributed by atoms with Crippen molar-refractivity contribution in [2.75, 3.05) is 6.61 Å². The summed E-state index contributed by atoms with van der Waals surface area (Å²) in [6, 6.07) is 7.90. The van der Waals surface area contributed by atoms with E-state index in [1.165, 1.54) is 17.2 Å². The van der Waals surface area contributed by atoms with Crippen LogP contribution in [0.1, 0.15) is 49.2 Å². The predicted octanol–water partition coefficient (Wildman–Crippen LogP) is 3.09. The van der Waals surface area contributed by atoms with Gasteiger partial charge < -0.3 is 9.72 Å². The summed E-state index contributed by atoms with van der Waals surface area (Å²) in [5, 5.41) is 4.38. The van der Waals surface area contributed by atoms with Crippen LogP contribution in [0.25, 0.3) is 5.82 Å². The van der Waals surface area contributed by atoms with Crippen molar-refractivity contribution in [3.8, 4) is 11.6 Å². The number of ether oxygens (including phenoxy) is 1. The number of fused-ring (bicyclic) bond motifs is 1. The number of nitrogens with one attached hydrogen (secondary N) is 1. The maximum absolute atomic E-state index is 11.7. The molecule has 26 heavy (non-hydrogen) atoms. The molecule has 0 bridgehead atoms. The van der Waals surface area contributed by atoms with Gasteiger partial charge in [-0.3, -0.25) is 4.79 Å². The van der Waals surface area contributed by atoms with E-state index in [4.69, 9.17) is 4.74 Å². The first-order valence-electron chi connectivity index (χ1n) is 8.74. The lowest BCUT2D eigenvalue weighted by Gasteiger charge is -2.16. The molecule has 3 heterocycles. The van der Waals surface area contributed by atoms with Crippen molar-refractivity contribution in [3.63, 3.8) is 0 Å². The first-order chi connectivity index (χ1) is 12.3. The highest BCUT2D eigenvalue weighted by Gasteiger charge is 2.32. The van der Waals surface area contributed by atoms with Crippen molar-refractivity contribution in [1.29, 1.82) is 0 Å². The van der Waals surface area contributed by atoms with Crippen molar-refractivity contribution in [2.24, 2.45) is 0 Å². The summed E-state index contributed by atoms with van der Waals surface area (Å²) in [6.45, 7) is 9.00. The normalized spacial score (nSPS) is 16.2. The maximum Gasteiger partial charge on any atom is 0.253 e. The Morgan fingerprint density at radius 2 is 2.08 bits per heavy atom. The second-order valence-corrected chi connectivity index (χ2v) is 7.56. The van der Waals surface area contributed by atoms with Crippen LogP contribution in [0.5, 0.6) is 5.75 Å². The first kappa shape index (κ1) is 16.6. The molecule has 0 saturated carbocycles. The smallest absolute Gasteiger partial charge is 0.253 e. The minimum atomic E-state index is -0.184. The van der Waals surface area contributed by atoms with Crippen molar-refractivity contribution >= 4 is 0 Å². The van der Waals surface area contributed by atoms with Crippen LogP contribution in [-0.2, 0) is 5.41 Å². The molecule has 1 N–H and O–H groups in total. The summed E-state index contributed by atoms with van der Waals surface area (Å²) in [7, 11) is 0. The van der Waals surface area contributed by atoms with Gasteiger partial charge in [0.25, 0.3) is 5.56 Å². The van der Waals surface area contributed by atoms with E-state index in [2.05, 4.69) is 54.0 Å². The van der Waals surface area contributed by atoms with E-state index in [0.717, 1.165) is 11.3 Å². The molecule has 1 aromatic carbocycles. The number of hydrogen-bond acceptors (Lipinski definition) is 4. The molecule has 1 atom stereocenters. The van der Waals surface area contributed by atoms with Crippen LogP contribution in [0.15, 0.2) is 41.5 Å². The Morgan fingerprint density at radius 1 is 1.27 bits per heavy atom. The molecule has 6 nitrogen and oxygen atoms in total. The average Bonchev–Trinajstić information content (AvgIpc) is 3.18. The molecular formula is C20H22N4O2. The summed E-state index contributed by atoms with van der Waals surface area (Å²) in [6.07, 6.45) is 3.74. The Labute approximate surface area is 151 Å². The van der Waals surface area contributed by atoms with Crippen LogP contribution in [-0.4, -0.2) is 26.4 Å². The number of aromatic nitrogens is 4. The molecule has 2 aromatic heterocycles. The van der Waals surface area contributed by atoms with Gasteiger partial charge in [-0.25, -0.2) is 9.67 Å². The molecule has 1 aliphatic rings. The highest BCUT2D eigenvalue weighted by molar-refractivity contribution is 5.47. The fraction of sp³-hybridized carbons (Fsp3) is 0.350. The Hall–Kier alpha value is -2.89. The highest BCUT2D eigenvalue weighted by Crippen LogP contribution is 2.40. The van der Waals surface area contributed by atoms with Crippen LogP contribution in [0.2, 0.25) is 0 Å². The van der Waals surface area contributed by atoms with Gasteiger partial charge in [0.2, 0.25) is 0 Å². The molecule has 4 rings (SSSR count). The van der Waals surface area contributed by atoms with E-state index in [0.29, 0.717) is 18.2 Å². The number of hydrogen-bond donors (Lipinski definition) is 1. The largest absolute Gasteiger partial charge is 0.492 e. The maximum atomic E-state index is 11.7. The van der Waals surface area contributed by atoms with Crippen LogP contribution >= 0.6 is 0 Å². The summed E-state index contributed by atoms with van der Waals surface area (Å²) < 4.78 is 7.51. The lowest BCUT2D eigenvalue weighted by atomic mass is 9.85. The van der Waals surface area contributed by atoms with E-state index < -0.39 is 0 Å². The number of aromatic amines is 1. The van der Waals surface area contributed by atoms with E-state index in [1.807, 2.05) is 12.4 Å². The zero-order valence-electron chi connectivity index (χ0n) is 15.4. The van der Waals surface area contributed by atoms with Crippen molar-refractivity contribution in [3.05, 3.63) is 69.5 Å². The van der Waals surface area contributed by atoms with Crippen LogP contribution in [0, 0.1) is 6.92 Å². The third-order valence-corrected chi connectivity index (χ3v) is 5.01. The molecular weight excluding hydrogens is 328 g/mol. The summed E-state index contributed by atoms with van der Waals surface area (Å²) in [4.78, 5) is 18.6. The first-order valence-corrected chi connectivity index (χ1v) is 8.74. The minimum absolute atomic E-state index is 0.0614. The molecule has 0 fully saturated rings. The molecule has 0 spiro atoms. The second kappa shape index (κ2) is 5.83. The van der Waals surface area contributed by atoms with Crippen molar-refractivity contribution in [2.45, 2.75) is 39.0 Å². The standard InChI is InChI=1S/C20H22N4O2/c1-12(14-5-6-16-17(7-14)26-11-20(16,3)4)15-9-21-24(10-15)18-8-19(25)23-13(2)22-18/h5-10,12H,11H2,1-4H3,(H,22,23,25). The van der Waals surface area contributed by atoms with Crippen molar-refractivity contribution < 1.29 is 4.74 Å². The number of H-pyrrole nitrogens is 1. The predicted molar refractivity (Wildman–Crippen MR) is 99.2 cm³/mol. The minimum Gasteiger partial charge on any atom is -0.492 e. The molecule has 6 heteroatoms. The lowest BCUT2D eigenvalue weighted by Crippen LogP contribution is -2.18. The van der Waals surface area contributed by atoms with Gasteiger partial charge in [0.05, 0.1) is 12.8 Å². The van der Waals surface area contributed by atoms with Gasteiger partial charge in [-0.15, -0.1) is 0 Å². The van der Waals surface area contributed by atoms with E-state index in [1.54, 1.807) is 11.6 Å². The Morgan fingerprint density at radius 3 is 2.85 bits per heavy atom. The number of benzene rings is 1. The second-order valence-electron chi connectivity index (χ2n) is 7.56. The SMILES string of the molecule is Cc1nc(-n2cc(C(C)c3ccc4c(c3)OCC4(C)C)cn2)cc(=O)[nH]1. The zero-order valence-corrected chi connectivity index (χ0v) is 15.4. The van der Waals surface area contributed by atoms with Gasteiger partial charge in [-0.05, 0) is 24.1 Å². The molecule has 0 aliphatic carbocycles. The van der Waals surface area contributed by atoms with Crippen molar-refractivity contribution in [1.82, 2.24) is 19.7 Å². The third kappa shape index (κ3) is 2.81. The fourth-order valence-corrected chi connectivity index (χ4v) is 3.38. The van der Waals surface area contributed by atoms with Gasteiger partial charge >= 0.3 is 0 Å². The molecule has 1 aliphatic heterocycles. The van der Waals surface area contributed by atoms with E-state index in [-0.39, 0.29) is 16.9 Å². The summed E-state index contributed by atoms with van der Waals surface area (Å²) in [5.74, 6) is 2.21. The number of nitrogens with zero attached hydrogens (tertiary/aromatic N) is 3. The quantitative estimate of drug-likeness (QED) is 0.788. The average molecular weight is 350 g/mol. The molecule has 3 aromatic rings. The van der Waals surface area contributed by atoms with E-state index >= 15 is 0 Å². The van der Waals surface area contributed by atoms with Crippen LogP contribution in [0.4, 0.5) is 0 Å². The molecule has 0 saturated heterocycles. The Bertz CT molecular complexity index is 1030. The molecule has 1 unspecified atom stereocenters. The van der Waals surface area contributed by atoms with Gasteiger partial charge in [-0.2, -0.15) is 5.10 Å². The molecule has 0 amide bonds. The van der Waals surface area contributed by atoms with Gasteiger partial charge in [0.15, 0.2) is 5.82 Å². The fourth-order valence-electron chi connectivity index (χ4n) is 3.38. The number of rotatable bonds is 3. The van der Waals surface area contributed by atoms with Gasteiger partial charge in [-0.1, -0.05) is 32.9 Å². The molecule has 0 radical (unpaired) electrons. The van der Waals surface area contributed by atoms with Gasteiger partial charge in [0, 0.05) is 29.2 Å².